The Morgan fingerprint density at radius 2 is 1.80 bits per heavy atom. The van der Waals surface area contributed by atoms with Gasteiger partial charge in [-0.3, -0.25) is 4.18 Å². The molecule has 0 amide bonds. The molecule has 0 aliphatic rings. The van der Waals surface area contributed by atoms with Crippen LogP contribution in [0.4, 0.5) is 0 Å². The van der Waals surface area contributed by atoms with Crippen LogP contribution in [0.5, 0.6) is 0 Å². The van der Waals surface area contributed by atoms with Crippen LogP contribution in [0, 0.1) is 0 Å². The number of nitrogens with one attached hydrogen (secondary N) is 1. The Hall–Kier alpha value is -1.00. The number of hydrogen-bond acceptors (Lipinski definition) is 7. The van der Waals surface area contributed by atoms with Crippen LogP contribution in [0.25, 0.3) is 0 Å². The maximum Gasteiger partial charge on any atom is 0.351 e. The summed E-state index contributed by atoms with van der Waals surface area (Å²) in [6.07, 6.45) is 0.965. The number of nitrogens with zero attached hydrogens (tertiary/aromatic N) is 1. The highest BCUT2D eigenvalue weighted by atomic mass is 32.3. The van der Waals surface area contributed by atoms with E-state index in [0.29, 0.717) is 12.1 Å². The summed E-state index contributed by atoms with van der Waals surface area (Å²) >= 11 is 0. The van der Waals surface area contributed by atoms with Gasteiger partial charge < -0.3 is 13.9 Å². The second kappa shape index (κ2) is 9.83. The molecule has 20 heavy (non-hydrogen) atoms. The lowest BCUT2D eigenvalue weighted by Crippen LogP contribution is -2.37. The molecule has 0 radical (unpaired) electrons. The van der Waals surface area contributed by atoms with Crippen molar-refractivity contribution >= 4 is 16.4 Å². The fourth-order valence-corrected chi connectivity index (χ4v) is 0.829. The zero-order chi connectivity index (χ0) is 16.4. The van der Waals surface area contributed by atoms with Gasteiger partial charge in [-0.1, -0.05) is 6.58 Å². The average molecular weight is 312 g/mol. The molecule has 0 saturated carbocycles. The van der Waals surface area contributed by atoms with Gasteiger partial charge in [0.15, 0.2) is 0 Å². The van der Waals surface area contributed by atoms with E-state index in [9.17, 15) is 17.8 Å². The van der Waals surface area contributed by atoms with E-state index in [1.54, 1.807) is 6.92 Å². The molecule has 0 aromatic heterocycles. The molecule has 8 nitrogen and oxygen atoms in total. The van der Waals surface area contributed by atoms with Crippen LogP contribution in [0.15, 0.2) is 12.2 Å². The third-order valence-electron chi connectivity index (χ3n) is 1.83. The summed E-state index contributed by atoms with van der Waals surface area (Å²) in [7, 11) is 2.77. The monoisotopic (exact) mass is 312 g/mol. The van der Waals surface area contributed by atoms with Crippen molar-refractivity contribution in [1.29, 1.82) is 0 Å². The zero-order valence-corrected chi connectivity index (χ0v) is 13.4. The number of rotatable bonds is 7. The maximum atomic E-state index is 10.9. The average Bonchev–Trinajstić information content (AvgIpc) is 2.26. The molecule has 0 heterocycles. The number of quaternary nitrogens is 1. The van der Waals surface area contributed by atoms with Gasteiger partial charge in [0.25, 0.3) is 0 Å². The minimum absolute atomic E-state index is 0.393. The normalized spacial score (nSPS) is 11.3. The fourth-order valence-electron chi connectivity index (χ4n) is 0.829. The standard InChI is InChI=1S/C10H21N2O2.CH4O4S/c1-9(2)10(13)14-11-7-6-8-12(3,4)5;1-5-6(2,3)4/h11H,1,6-8H2,2-5H3;1H3,(H,2,3,4)/q+1;/p-1. The molecule has 1 N–H and O–H groups in total. The highest BCUT2D eigenvalue weighted by Gasteiger charge is 2.06. The van der Waals surface area contributed by atoms with Crippen molar-refractivity contribution < 1.29 is 31.3 Å². The van der Waals surface area contributed by atoms with E-state index in [1.807, 2.05) is 0 Å². The van der Waals surface area contributed by atoms with E-state index in [1.165, 1.54) is 0 Å². The smallest absolute Gasteiger partial charge is 0.351 e. The lowest BCUT2D eigenvalue weighted by atomic mass is 10.4. The molecule has 0 aliphatic carbocycles. The minimum Gasteiger partial charge on any atom is -0.726 e. The molecule has 0 aromatic rings. The van der Waals surface area contributed by atoms with Crippen LogP contribution in [0.2, 0.25) is 0 Å². The molecule has 120 valence electrons. The third kappa shape index (κ3) is 19.3. The van der Waals surface area contributed by atoms with Crippen molar-refractivity contribution in [3.63, 3.8) is 0 Å². The van der Waals surface area contributed by atoms with Gasteiger partial charge in [0, 0.05) is 18.5 Å². The first-order chi connectivity index (χ1) is 8.89. The summed E-state index contributed by atoms with van der Waals surface area (Å²) in [5.74, 6) is -0.393. The first-order valence-electron chi connectivity index (χ1n) is 5.80. The van der Waals surface area contributed by atoms with Gasteiger partial charge >= 0.3 is 5.97 Å². The topological polar surface area (TPSA) is 105 Å². The molecule has 0 aliphatic heterocycles. The lowest BCUT2D eigenvalue weighted by Gasteiger charge is -2.23. The number of hydroxylamine groups is 1. The Labute approximate surface area is 120 Å². The van der Waals surface area contributed by atoms with Crippen LogP contribution >= 0.6 is 0 Å². The van der Waals surface area contributed by atoms with Gasteiger partial charge in [0.05, 0.1) is 34.8 Å². The van der Waals surface area contributed by atoms with Crippen LogP contribution in [-0.2, 0) is 24.2 Å². The van der Waals surface area contributed by atoms with Crippen molar-refractivity contribution in [2.45, 2.75) is 13.3 Å². The second-order valence-electron chi connectivity index (χ2n) is 5.01. The molecular formula is C11H24N2O6S. The second-order valence-corrected chi connectivity index (χ2v) is 6.16. The SMILES string of the molecule is C=C(C)C(=O)ONCCC[N+](C)(C)C.COS(=O)(=O)[O-]. The quantitative estimate of drug-likeness (QED) is 0.173. The fraction of sp³-hybridized carbons (Fsp3) is 0.727. The Morgan fingerprint density at radius 3 is 2.10 bits per heavy atom. The molecule has 9 heteroatoms. The number of hydrogen-bond donors (Lipinski definition) is 1. The number of carbonyl (C=O) groups excluding carboxylic acids is 1. The Balaban J connectivity index is 0. The summed E-state index contributed by atoms with van der Waals surface area (Å²) in [6, 6.07) is 0. The van der Waals surface area contributed by atoms with Crippen molar-refractivity contribution in [3.05, 3.63) is 12.2 Å². The Morgan fingerprint density at radius 1 is 1.35 bits per heavy atom. The summed E-state index contributed by atoms with van der Waals surface area (Å²) in [5, 5.41) is 0. The molecule has 0 fully saturated rings. The van der Waals surface area contributed by atoms with Crippen molar-refractivity contribution in [3.8, 4) is 0 Å². The van der Waals surface area contributed by atoms with Gasteiger partial charge in [0.2, 0.25) is 10.4 Å². The molecule has 0 saturated heterocycles. The molecule has 0 spiro atoms. The molecule has 0 rings (SSSR count). The predicted octanol–water partition coefficient (Wildman–Crippen LogP) is -0.200. The van der Waals surface area contributed by atoms with E-state index in [2.05, 4.69) is 37.4 Å². The molecular weight excluding hydrogens is 288 g/mol. The van der Waals surface area contributed by atoms with Crippen LogP contribution in [0.1, 0.15) is 13.3 Å². The number of carbonyl (C=O) groups is 1. The largest absolute Gasteiger partial charge is 0.726 e. The summed E-state index contributed by atoms with van der Waals surface area (Å²) in [6.45, 7) is 6.81. The van der Waals surface area contributed by atoms with Gasteiger partial charge in [0.1, 0.15) is 0 Å². The maximum absolute atomic E-state index is 10.9. The minimum atomic E-state index is -4.41. The lowest BCUT2D eigenvalue weighted by molar-refractivity contribution is -0.870. The highest BCUT2D eigenvalue weighted by Crippen LogP contribution is 1.93. The van der Waals surface area contributed by atoms with Gasteiger partial charge in [-0.15, -0.1) is 0 Å². The zero-order valence-electron chi connectivity index (χ0n) is 12.6. The van der Waals surface area contributed by atoms with Crippen molar-refractivity contribution in [2.75, 3.05) is 41.3 Å². The summed E-state index contributed by atoms with van der Waals surface area (Å²) in [4.78, 5) is 15.6. The van der Waals surface area contributed by atoms with E-state index >= 15 is 0 Å². The van der Waals surface area contributed by atoms with Crippen molar-refractivity contribution in [2.24, 2.45) is 0 Å². The Bertz CT molecular complexity index is 400. The van der Waals surface area contributed by atoms with Crippen LogP contribution in [-0.4, -0.2) is 64.8 Å². The summed E-state index contributed by atoms with van der Waals surface area (Å²) < 4.78 is 31.9. The van der Waals surface area contributed by atoms with E-state index < -0.39 is 16.4 Å². The van der Waals surface area contributed by atoms with E-state index in [-0.39, 0.29) is 0 Å². The first-order valence-corrected chi connectivity index (χ1v) is 7.14. The molecule has 0 atom stereocenters. The first kappa shape index (κ1) is 21.3. The molecule has 0 aromatic carbocycles. The molecule has 0 bridgehead atoms. The van der Waals surface area contributed by atoms with Gasteiger partial charge in [-0.25, -0.2) is 13.2 Å². The molecule has 0 unspecified atom stereocenters. The Kier molecular flexibility index (Phi) is 10.5. The summed E-state index contributed by atoms with van der Waals surface area (Å²) in [5.41, 5.74) is 3.03. The predicted molar refractivity (Wildman–Crippen MR) is 73.1 cm³/mol. The van der Waals surface area contributed by atoms with Gasteiger partial charge in [-0.2, -0.15) is 5.48 Å². The van der Waals surface area contributed by atoms with Crippen LogP contribution in [0.3, 0.4) is 0 Å². The van der Waals surface area contributed by atoms with Gasteiger partial charge in [-0.05, 0) is 6.92 Å². The van der Waals surface area contributed by atoms with Crippen molar-refractivity contribution in [1.82, 2.24) is 5.48 Å². The highest BCUT2D eigenvalue weighted by molar-refractivity contribution is 7.80. The van der Waals surface area contributed by atoms with E-state index in [0.717, 1.165) is 24.6 Å². The van der Waals surface area contributed by atoms with E-state index in [4.69, 9.17) is 4.84 Å². The third-order valence-corrected chi connectivity index (χ3v) is 2.23. The van der Waals surface area contributed by atoms with Crippen LogP contribution < -0.4 is 5.48 Å².